The fraction of sp³-hybridized carbons (Fsp3) is 0.125. The molecular formula is C24H21FN6O2S. The van der Waals surface area contributed by atoms with Gasteiger partial charge in [-0.1, -0.05) is 18.3 Å². The van der Waals surface area contributed by atoms with E-state index in [2.05, 4.69) is 32.3 Å². The number of hydrogen-bond acceptors (Lipinski definition) is 7. The minimum absolute atomic E-state index is 0.121. The van der Waals surface area contributed by atoms with E-state index in [-0.39, 0.29) is 17.5 Å². The Kier molecular flexibility index (Phi) is 7.28. The van der Waals surface area contributed by atoms with Crippen molar-refractivity contribution in [1.29, 1.82) is 0 Å². The molecule has 0 saturated heterocycles. The van der Waals surface area contributed by atoms with Gasteiger partial charge >= 0.3 is 0 Å². The third-order valence-electron chi connectivity index (χ3n) is 4.77. The van der Waals surface area contributed by atoms with Crippen LogP contribution in [-0.4, -0.2) is 36.6 Å². The summed E-state index contributed by atoms with van der Waals surface area (Å²) in [5, 5.41) is 20.0. The number of nitrogens with one attached hydrogen (secondary N) is 1. The van der Waals surface area contributed by atoms with Gasteiger partial charge in [0, 0.05) is 17.7 Å². The molecule has 0 radical (unpaired) electrons. The van der Waals surface area contributed by atoms with Crippen molar-refractivity contribution in [2.75, 3.05) is 11.1 Å². The highest BCUT2D eigenvalue weighted by Gasteiger charge is 2.15. The first-order valence-corrected chi connectivity index (χ1v) is 11.4. The van der Waals surface area contributed by atoms with Gasteiger partial charge in [0.15, 0.2) is 16.8 Å². The summed E-state index contributed by atoms with van der Waals surface area (Å²) >= 11 is 1.26. The number of ether oxygens (including phenoxy) is 1. The lowest BCUT2D eigenvalue weighted by Crippen LogP contribution is -2.16. The average Bonchev–Trinajstić information content (AvgIpc) is 3.27. The third kappa shape index (κ3) is 5.46. The fourth-order valence-corrected chi connectivity index (χ4v) is 3.96. The number of hydrogen-bond donors (Lipinski definition) is 1. The van der Waals surface area contributed by atoms with Gasteiger partial charge in [0.1, 0.15) is 11.6 Å². The maximum Gasteiger partial charge on any atom is 0.236 e. The number of carbonyl (C=O) groups excluding carboxylic acids is 1. The van der Waals surface area contributed by atoms with Crippen molar-refractivity contribution in [1.82, 2.24) is 25.0 Å². The molecule has 0 saturated carbocycles. The summed E-state index contributed by atoms with van der Waals surface area (Å²) in [6.45, 7) is 6.09. The highest BCUT2D eigenvalue weighted by Crippen LogP contribution is 2.25. The Balaban J connectivity index is 1.36. The lowest BCUT2D eigenvalue weighted by atomic mass is 10.1. The van der Waals surface area contributed by atoms with Gasteiger partial charge in [-0.2, -0.15) is 0 Å². The van der Waals surface area contributed by atoms with Gasteiger partial charge in [0.25, 0.3) is 0 Å². The second-order valence-electron chi connectivity index (χ2n) is 7.01. The summed E-state index contributed by atoms with van der Waals surface area (Å²) in [4.78, 5) is 12.4. The number of anilines is 1. The van der Waals surface area contributed by atoms with Gasteiger partial charge in [-0.05, 0) is 67.6 Å². The zero-order valence-corrected chi connectivity index (χ0v) is 19.1. The Bertz CT molecular complexity index is 1270. The van der Waals surface area contributed by atoms with Crippen LogP contribution in [0.1, 0.15) is 6.92 Å². The Morgan fingerprint density at radius 2 is 1.76 bits per heavy atom. The summed E-state index contributed by atoms with van der Waals surface area (Å²) in [6, 6.07) is 16.9. The predicted octanol–water partition coefficient (Wildman–Crippen LogP) is 4.81. The molecule has 172 valence electrons. The summed E-state index contributed by atoms with van der Waals surface area (Å²) in [6.07, 6.45) is 1.36. The van der Waals surface area contributed by atoms with Gasteiger partial charge in [-0.3, -0.25) is 4.79 Å². The Hall–Kier alpha value is -4.05. The molecular weight excluding hydrogens is 455 g/mol. The van der Waals surface area contributed by atoms with Crippen LogP contribution in [0.5, 0.6) is 5.75 Å². The molecule has 1 amide bonds. The first-order chi connectivity index (χ1) is 16.6. The van der Waals surface area contributed by atoms with Crippen molar-refractivity contribution in [3.05, 3.63) is 79.3 Å². The van der Waals surface area contributed by atoms with Crippen LogP contribution < -0.4 is 10.1 Å². The van der Waals surface area contributed by atoms with Crippen LogP contribution in [-0.2, 0) is 11.3 Å². The standard InChI is InChI=1S/C24H21FN6O2S/c1-3-31-23(17-5-9-18(25)10-6-17)29-30-24(31)34-15-22(32)26-21-14-13-20(27-28-21)16-7-11-19(12-8-16)33-4-2/h4-14H,2-3,15H2,1H3,(H,26,28,32). The smallest absolute Gasteiger partial charge is 0.236 e. The quantitative estimate of drug-likeness (QED) is 0.273. The molecule has 0 bridgehead atoms. The first-order valence-electron chi connectivity index (χ1n) is 10.4. The Morgan fingerprint density at radius 3 is 2.41 bits per heavy atom. The molecule has 0 spiro atoms. The number of nitrogens with zero attached hydrogens (tertiary/aromatic N) is 5. The molecule has 0 fully saturated rings. The van der Waals surface area contributed by atoms with Gasteiger partial charge in [-0.15, -0.1) is 20.4 Å². The maximum absolute atomic E-state index is 13.2. The highest BCUT2D eigenvalue weighted by atomic mass is 32.2. The maximum atomic E-state index is 13.2. The van der Waals surface area contributed by atoms with Gasteiger partial charge < -0.3 is 14.6 Å². The van der Waals surface area contributed by atoms with Crippen molar-refractivity contribution in [2.45, 2.75) is 18.6 Å². The summed E-state index contributed by atoms with van der Waals surface area (Å²) < 4.78 is 20.3. The van der Waals surface area contributed by atoms with Crippen molar-refractivity contribution in [3.8, 4) is 28.4 Å². The molecule has 0 aliphatic carbocycles. The number of carbonyl (C=O) groups is 1. The van der Waals surface area contributed by atoms with Crippen LogP contribution in [0, 0.1) is 5.82 Å². The predicted molar refractivity (Wildman–Crippen MR) is 129 cm³/mol. The van der Waals surface area contributed by atoms with E-state index in [0.717, 1.165) is 11.1 Å². The van der Waals surface area contributed by atoms with Crippen LogP contribution in [0.25, 0.3) is 22.6 Å². The average molecular weight is 477 g/mol. The fourth-order valence-electron chi connectivity index (χ4n) is 3.16. The zero-order chi connectivity index (χ0) is 23.9. The van der Waals surface area contributed by atoms with Crippen molar-refractivity contribution >= 4 is 23.5 Å². The van der Waals surface area contributed by atoms with E-state index < -0.39 is 0 Å². The number of halogens is 1. The molecule has 4 aromatic rings. The third-order valence-corrected chi connectivity index (χ3v) is 5.74. The van der Waals surface area contributed by atoms with E-state index in [1.54, 1.807) is 24.3 Å². The van der Waals surface area contributed by atoms with Gasteiger partial charge in [-0.25, -0.2) is 4.39 Å². The largest absolute Gasteiger partial charge is 0.466 e. The molecule has 0 aliphatic rings. The van der Waals surface area contributed by atoms with Crippen molar-refractivity contribution in [2.24, 2.45) is 0 Å². The number of thioether (sulfide) groups is 1. The number of amides is 1. The summed E-state index contributed by atoms with van der Waals surface area (Å²) in [5.41, 5.74) is 2.29. The highest BCUT2D eigenvalue weighted by molar-refractivity contribution is 7.99. The van der Waals surface area contributed by atoms with Crippen LogP contribution in [0.3, 0.4) is 0 Å². The second-order valence-corrected chi connectivity index (χ2v) is 7.95. The van der Waals surface area contributed by atoms with Crippen molar-refractivity contribution < 1.29 is 13.9 Å². The minimum atomic E-state index is -0.315. The molecule has 2 heterocycles. The lowest BCUT2D eigenvalue weighted by Gasteiger charge is -2.08. The molecule has 0 atom stereocenters. The topological polar surface area (TPSA) is 94.8 Å². The number of benzene rings is 2. The molecule has 2 aromatic heterocycles. The summed E-state index contributed by atoms with van der Waals surface area (Å²) in [5.74, 6) is 1.21. The molecule has 1 N–H and O–H groups in total. The number of rotatable bonds is 9. The van der Waals surface area contributed by atoms with Gasteiger partial charge in [0.05, 0.1) is 17.7 Å². The molecule has 0 unspecified atom stereocenters. The van der Waals surface area contributed by atoms with Crippen LogP contribution in [0.4, 0.5) is 10.2 Å². The van der Waals surface area contributed by atoms with Crippen LogP contribution >= 0.6 is 11.8 Å². The first kappa shape index (κ1) is 23.1. The molecule has 2 aromatic carbocycles. The molecule has 4 rings (SSSR count). The lowest BCUT2D eigenvalue weighted by molar-refractivity contribution is -0.113. The minimum Gasteiger partial charge on any atom is -0.466 e. The Morgan fingerprint density at radius 1 is 1.03 bits per heavy atom. The van der Waals surface area contributed by atoms with E-state index >= 15 is 0 Å². The molecule has 10 heteroatoms. The van der Waals surface area contributed by atoms with E-state index in [4.69, 9.17) is 4.74 Å². The monoisotopic (exact) mass is 476 g/mol. The van der Waals surface area contributed by atoms with E-state index in [9.17, 15) is 9.18 Å². The molecule has 8 nitrogen and oxygen atoms in total. The Labute approximate surface area is 199 Å². The molecule has 0 aliphatic heterocycles. The van der Waals surface area contributed by atoms with E-state index in [1.165, 1.54) is 30.2 Å². The van der Waals surface area contributed by atoms with E-state index in [0.29, 0.717) is 34.8 Å². The molecule has 34 heavy (non-hydrogen) atoms. The SMILES string of the molecule is C=COc1ccc(-c2ccc(NC(=O)CSc3nnc(-c4ccc(F)cc4)n3CC)nn2)cc1. The van der Waals surface area contributed by atoms with Crippen molar-refractivity contribution in [3.63, 3.8) is 0 Å². The van der Waals surface area contributed by atoms with Gasteiger partial charge in [0.2, 0.25) is 5.91 Å². The summed E-state index contributed by atoms with van der Waals surface area (Å²) in [7, 11) is 0. The number of aromatic nitrogens is 5. The zero-order valence-electron chi connectivity index (χ0n) is 18.3. The normalized spacial score (nSPS) is 10.6. The van der Waals surface area contributed by atoms with E-state index in [1.807, 2.05) is 35.8 Å². The van der Waals surface area contributed by atoms with Crippen LogP contribution in [0.15, 0.2) is 78.7 Å². The second kappa shape index (κ2) is 10.7. The van der Waals surface area contributed by atoms with Crippen LogP contribution in [0.2, 0.25) is 0 Å².